The smallest absolute Gasteiger partial charge is 0.277 e. The van der Waals surface area contributed by atoms with E-state index in [0.29, 0.717) is 22.1 Å². The zero-order valence-corrected chi connectivity index (χ0v) is 20.4. The Balaban J connectivity index is 1.85. The summed E-state index contributed by atoms with van der Waals surface area (Å²) >= 11 is 0. The van der Waals surface area contributed by atoms with Crippen molar-refractivity contribution in [2.75, 3.05) is 12.2 Å². The normalized spacial score (nSPS) is 15.7. The van der Waals surface area contributed by atoms with Crippen molar-refractivity contribution < 1.29 is 19.5 Å². The lowest BCUT2D eigenvalue weighted by atomic mass is 9.88. The fraction of sp³-hybridized carbons (Fsp3) is 0.440. The summed E-state index contributed by atoms with van der Waals surface area (Å²) in [5.74, 6) is -0.178. The molecule has 0 spiro atoms. The molecule has 1 saturated carbocycles. The average Bonchev–Trinajstić information content (AvgIpc) is 2.81. The van der Waals surface area contributed by atoms with Crippen LogP contribution in [0.15, 0.2) is 48.5 Å². The van der Waals surface area contributed by atoms with Gasteiger partial charge in [-0.1, -0.05) is 68.4 Å². The van der Waals surface area contributed by atoms with E-state index in [4.69, 9.17) is 4.74 Å². The molecule has 1 aliphatic carbocycles. The third-order valence-electron chi connectivity index (χ3n) is 6.15. The molecule has 0 aromatic heterocycles. The number of hydrogen-bond acceptors (Lipinski definition) is 4. The van der Waals surface area contributed by atoms with Crippen LogP contribution in [0.2, 0.25) is 19.6 Å². The molecule has 1 fully saturated rings. The molecule has 0 bridgehead atoms. The Bertz CT molecular complexity index is 916. The van der Waals surface area contributed by atoms with E-state index in [1.165, 1.54) is 5.19 Å². The van der Waals surface area contributed by atoms with Gasteiger partial charge in [-0.2, -0.15) is 5.06 Å². The van der Waals surface area contributed by atoms with Gasteiger partial charge in [-0.25, -0.2) is 0 Å². The molecule has 2 aromatic rings. The number of nitrogens with one attached hydrogen (secondary N) is 1. The fourth-order valence-electron chi connectivity index (χ4n) is 4.06. The van der Waals surface area contributed by atoms with Gasteiger partial charge in [0.25, 0.3) is 5.91 Å². The fourth-order valence-corrected chi connectivity index (χ4v) is 5.23. The predicted molar refractivity (Wildman–Crippen MR) is 129 cm³/mol. The van der Waals surface area contributed by atoms with Gasteiger partial charge in [-0.3, -0.25) is 14.8 Å². The Morgan fingerprint density at radius 3 is 2.12 bits per heavy atom. The van der Waals surface area contributed by atoms with Crippen LogP contribution < -0.4 is 20.3 Å². The first-order valence-electron chi connectivity index (χ1n) is 11.3. The monoisotopic (exact) mass is 454 g/mol. The van der Waals surface area contributed by atoms with Crippen molar-refractivity contribution >= 4 is 30.8 Å². The van der Waals surface area contributed by atoms with Crippen LogP contribution in [0.3, 0.4) is 0 Å². The molecule has 172 valence electrons. The molecule has 1 unspecified atom stereocenters. The molecule has 0 radical (unpaired) electrons. The SMILES string of the molecule is COc1ccc(C(NC(=O)C2CCCCC2)C(=O)N(O)c2ccc([Si](C)(C)C)cc2)cc1. The number of ether oxygens (including phenoxy) is 1. The van der Waals surface area contributed by atoms with Crippen molar-refractivity contribution in [3.8, 4) is 5.75 Å². The first-order chi connectivity index (χ1) is 15.2. The lowest BCUT2D eigenvalue weighted by Gasteiger charge is -2.27. The van der Waals surface area contributed by atoms with Gasteiger partial charge in [0.2, 0.25) is 5.91 Å². The minimum absolute atomic E-state index is 0.0968. The first-order valence-corrected chi connectivity index (χ1v) is 14.8. The summed E-state index contributed by atoms with van der Waals surface area (Å²) < 4.78 is 5.21. The zero-order valence-electron chi connectivity index (χ0n) is 19.4. The standard InChI is InChI=1S/C25H34N2O4Si/c1-31-21-14-10-18(11-15-21)23(26-24(28)19-8-6-5-7-9-19)25(29)27(30)20-12-16-22(17-13-20)32(2,3)4/h10-17,19,23,30H,5-9H2,1-4H3,(H,26,28). The van der Waals surface area contributed by atoms with Crippen molar-refractivity contribution in [1.82, 2.24) is 5.32 Å². The molecule has 0 aliphatic heterocycles. The molecule has 0 saturated heterocycles. The Hall–Kier alpha value is -2.64. The van der Waals surface area contributed by atoms with Gasteiger partial charge in [-0.05, 0) is 42.7 Å². The predicted octanol–water partition coefficient (Wildman–Crippen LogP) is 4.40. The van der Waals surface area contributed by atoms with Gasteiger partial charge < -0.3 is 10.1 Å². The molecule has 2 N–H and O–H groups in total. The quantitative estimate of drug-likeness (QED) is 0.369. The molecule has 3 rings (SSSR count). The number of carbonyl (C=O) groups is 2. The van der Waals surface area contributed by atoms with Crippen LogP contribution in [0.25, 0.3) is 0 Å². The van der Waals surface area contributed by atoms with E-state index < -0.39 is 20.0 Å². The number of methoxy groups -OCH3 is 1. The second kappa shape index (κ2) is 10.3. The maximum atomic E-state index is 13.3. The highest BCUT2D eigenvalue weighted by Gasteiger charge is 2.31. The van der Waals surface area contributed by atoms with Crippen LogP contribution in [0.4, 0.5) is 5.69 Å². The van der Waals surface area contributed by atoms with Crippen molar-refractivity contribution in [1.29, 1.82) is 0 Å². The Kier molecular flexibility index (Phi) is 7.74. The topological polar surface area (TPSA) is 78.9 Å². The van der Waals surface area contributed by atoms with Crippen LogP contribution in [0.1, 0.15) is 43.7 Å². The second-order valence-electron chi connectivity index (χ2n) is 9.50. The number of nitrogens with zero attached hydrogens (tertiary/aromatic N) is 1. The summed E-state index contributed by atoms with van der Waals surface area (Å²) in [6.45, 7) is 6.72. The van der Waals surface area contributed by atoms with Gasteiger partial charge in [0, 0.05) is 5.92 Å². The maximum Gasteiger partial charge on any atom is 0.277 e. The Labute approximate surface area is 191 Å². The summed E-state index contributed by atoms with van der Waals surface area (Å²) in [7, 11) is 0.0747. The van der Waals surface area contributed by atoms with E-state index in [-0.39, 0.29) is 11.8 Å². The number of carbonyl (C=O) groups excluding carboxylic acids is 2. The molecule has 2 aromatic carbocycles. The zero-order chi connectivity index (χ0) is 23.3. The maximum absolute atomic E-state index is 13.3. The first kappa shape index (κ1) is 24.0. The summed E-state index contributed by atoms with van der Waals surface area (Å²) in [5.41, 5.74) is 0.972. The molecule has 6 nitrogen and oxygen atoms in total. The third-order valence-corrected chi connectivity index (χ3v) is 8.21. The number of rotatable bonds is 7. The molecule has 2 amide bonds. The van der Waals surface area contributed by atoms with Gasteiger partial charge in [0.15, 0.2) is 0 Å². The Morgan fingerprint density at radius 1 is 1.00 bits per heavy atom. The Morgan fingerprint density at radius 2 is 1.59 bits per heavy atom. The molecule has 32 heavy (non-hydrogen) atoms. The number of anilines is 1. The number of hydrogen-bond donors (Lipinski definition) is 2. The van der Waals surface area contributed by atoms with Crippen molar-refractivity contribution in [3.63, 3.8) is 0 Å². The average molecular weight is 455 g/mol. The molecule has 1 atom stereocenters. The molecular formula is C25H34N2O4Si. The van der Waals surface area contributed by atoms with Crippen LogP contribution in [-0.2, 0) is 9.59 Å². The highest BCUT2D eigenvalue weighted by atomic mass is 28.3. The van der Waals surface area contributed by atoms with E-state index in [1.807, 2.05) is 12.1 Å². The number of amides is 2. The van der Waals surface area contributed by atoms with Gasteiger partial charge in [0.05, 0.1) is 20.9 Å². The third kappa shape index (κ3) is 5.78. The summed E-state index contributed by atoms with van der Waals surface area (Å²) in [4.78, 5) is 26.3. The summed E-state index contributed by atoms with van der Waals surface area (Å²) in [5, 5.41) is 15.5. The minimum atomic E-state index is -1.50. The van der Waals surface area contributed by atoms with Gasteiger partial charge in [-0.15, -0.1) is 0 Å². The second-order valence-corrected chi connectivity index (χ2v) is 14.6. The van der Waals surface area contributed by atoms with E-state index in [0.717, 1.165) is 32.1 Å². The van der Waals surface area contributed by atoms with E-state index in [9.17, 15) is 14.8 Å². The van der Waals surface area contributed by atoms with Crippen LogP contribution in [0, 0.1) is 5.92 Å². The van der Waals surface area contributed by atoms with E-state index >= 15 is 0 Å². The largest absolute Gasteiger partial charge is 0.497 e. The van der Waals surface area contributed by atoms with E-state index in [2.05, 4.69) is 25.0 Å². The lowest BCUT2D eigenvalue weighted by molar-refractivity contribution is -0.133. The highest BCUT2D eigenvalue weighted by Crippen LogP contribution is 2.27. The minimum Gasteiger partial charge on any atom is -0.497 e. The highest BCUT2D eigenvalue weighted by molar-refractivity contribution is 6.88. The summed E-state index contributed by atoms with van der Waals surface area (Å²) in [6.07, 6.45) is 4.85. The van der Waals surface area contributed by atoms with Gasteiger partial charge >= 0.3 is 0 Å². The van der Waals surface area contributed by atoms with Crippen LogP contribution >= 0.6 is 0 Å². The van der Waals surface area contributed by atoms with Crippen molar-refractivity contribution in [2.45, 2.75) is 57.8 Å². The molecule has 1 aliphatic rings. The van der Waals surface area contributed by atoms with E-state index in [1.54, 1.807) is 43.5 Å². The summed E-state index contributed by atoms with van der Waals surface area (Å²) in [6, 6.07) is 13.4. The van der Waals surface area contributed by atoms with Crippen molar-refractivity contribution in [2.24, 2.45) is 5.92 Å². The lowest BCUT2D eigenvalue weighted by Crippen LogP contribution is -2.44. The van der Waals surface area contributed by atoms with Crippen LogP contribution in [0.5, 0.6) is 5.75 Å². The number of hydroxylamine groups is 1. The molecule has 7 heteroatoms. The van der Waals surface area contributed by atoms with Gasteiger partial charge in [0.1, 0.15) is 11.8 Å². The number of benzene rings is 2. The van der Waals surface area contributed by atoms with Crippen LogP contribution in [-0.4, -0.2) is 32.2 Å². The molecule has 0 heterocycles. The van der Waals surface area contributed by atoms with Crippen molar-refractivity contribution in [3.05, 3.63) is 54.1 Å². The molecular weight excluding hydrogens is 420 g/mol.